The number of aliphatic hydroxyl groups excluding tert-OH is 2. The second-order valence-corrected chi connectivity index (χ2v) is 12.3. The molecule has 1 amide bonds. The Kier molecular flexibility index (Phi) is 6.68. The molecule has 0 bridgehead atoms. The quantitative estimate of drug-likeness (QED) is 0.294. The Labute approximate surface area is 236 Å². The smallest absolute Gasteiger partial charge is 0.255 e. The van der Waals surface area contributed by atoms with Gasteiger partial charge in [-0.2, -0.15) is 0 Å². The number of furan rings is 1. The van der Waals surface area contributed by atoms with Gasteiger partial charge in [0, 0.05) is 22.6 Å². The monoisotopic (exact) mass is 565 g/mol. The van der Waals surface area contributed by atoms with E-state index in [0.717, 1.165) is 0 Å². The largest absolute Gasteiger partial charge is 0.510 e. The number of amides is 1. The molecule has 0 radical (unpaired) electrons. The molecule has 3 aliphatic rings. The SMILES string of the molecule is CN(C)C1C(O)=C(C(N)=O)C(=O)C2(O)C(O)=C3C(=O)c4c(O)ccc(-c5ccc(CNC(C)(C)C)o5)c4CC3CC12. The van der Waals surface area contributed by atoms with Crippen LogP contribution < -0.4 is 11.1 Å². The second-order valence-electron chi connectivity index (χ2n) is 12.3. The maximum atomic E-state index is 13.9. The first-order chi connectivity index (χ1) is 19.1. The third-order valence-corrected chi connectivity index (χ3v) is 8.33. The predicted octanol–water partition coefficient (Wildman–Crippen LogP) is 2.27. The zero-order valence-electron chi connectivity index (χ0n) is 23.6. The van der Waals surface area contributed by atoms with Gasteiger partial charge in [-0.25, -0.2) is 0 Å². The zero-order chi connectivity index (χ0) is 30.2. The molecule has 0 aliphatic heterocycles. The van der Waals surface area contributed by atoms with Crippen molar-refractivity contribution in [3.05, 3.63) is 63.8 Å². The topological polar surface area (TPSA) is 187 Å². The van der Waals surface area contributed by atoms with Crippen LogP contribution in [0.5, 0.6) is 5.75 Å². The third-order valence-electron chi connectivity index (χ3n) is 8.33. The number of Topliss-reactive ketones (excluding diaryl/α,β-unsaturated/α-hetero) is 2. The first kappa shape index (κ1) is 28.6. The van der Waals surface area contributed by atoms with Crippen LogP contribution >= 0.6 is 0 Å². The molecular weight excluding hydrogens is 530 g/mol. The number of hydrogen-bond acceptors (Lipinski definition) is 10. The standard InChI is InChI=1S/C30H35N3O8/c1-29(2,3)32-12-14-6-9-19(41-14)15-7-8-18(34)21-16(15)10-13-11-17-23(33(4)5)25(36)22(28(31)39)27(38)30(17,40)26(37)20(13)24(21)35/h6-9,13,17,23,32,34,36-37,40H,10-12H2,1-5H3,(H2,31,39). The van der Waals surface area contributed by atoms with Crippen LogP contribution in [0.25, 0.3) is 11.3 Å². The van der Waals surface area contributed by atoms with E-state index in [1.807, 2.05) is 26.8 Å². The molecule has 1 heterocycles. The Balaban J connectivity index is 1.62. The van der Waals surface area contributed by atoms with Crippen LogP contribution in [-0.4, -0.2) is 74.1 Å². The van der Waals surface area contributed by atoms with Gasteiger partial charge >= 0.3 is 0 Å². The molecule has 0 fully saturated rings. The molecule has 11 nitrogen and oxygen atoms in total. The van der Waals surface area contributed by atoms with Crippen molar-refractivity contribution in [1.29, 1.82) is 0 Å². The van der Waals surface area contributed by atoms with Gasteiger partial charge in [0.05, 0.1) is 18.2 Å². The molecule has 11 heteroatoms. The van der Waals surface area contributed by atoms with Crippen molar-refractivity contribution in [2.24, 2.45) is 17.6 Å². The molecule has 7 N–H and O–H groups in total. The van der Waals surface area contributed by atoms with E-state index < -0.39 is 58.0 Å². The van der Waals surface area contributed by atoms with Crippen molar-refractivity contribution in [3.8, 4) is 17.1 Å². The van der Waals surface area contributed by atoms with Gasteiger partial charge in [-0.15, -0.1) is 0 Å². The molecular formula is C30H35N3O8. The highest BCUT2D eigenvalue weighted by atomic mass is 16.4. The number of rotatable bonds is 5. The molecule has 1 aromatic heterocycles. The number of fused-ring (bicyclic) bond motifs is 3. The number of benzene rings is 1. The highest BCUT2D eigenvalue weighted by molar-refractivity contribution is 6.24. The van der Waals surface area contributed by atoms with E-state index >= 15 is 0 Å². The van der Waals surface area contributed by atoms with Gasteiger partial charge in [-0.05, 0) is 83.5 Å². The Bertz CT molecular complexity index is 1540. The van der Waals surface area contributed by atoms with Gasteiger partial charge in [0.2, 0.25) is 5.78 Å². The molecule has 4 unspecified atom stereocenters. The lowest BCUT2D eigenvalue weighted by molar-refractivity contribution is -0.148. The van der Waals surface area contributed by atoms with Crippen LogP contribution in [0.15, 0.2) is 51.3 Å². The van der Waals surface area contributed by atoms with Gasteiger partial charge in [0.1, 0.15) is 34.4 Å². The van der Waals surface area contributed by atoms with Crippen molar-refractivity contribution in [2.45, 2.75) is 57.3 Å². The van der Waals surface area contributed by atoms with Crippen LogP contribution in [0.3, 0.4) is 0 Å². The van der Waals surface area contributed by atoms with Gasteiger partial charge in [0.25, 0.3) is 5.91 Å². The second kappa shape index (κ2) is 9.57. The minimum absolute atomic E-state index is 0.0137. The van der Waals surface area contributed by atoms with E-state index in [2.05, 4.69) is 5.32 Å². The molecule has 0 saturated heterocycles. The number of likely N-dealkylation sites (N-methyl/N-ethyl adjacent to an activating group) is 1. The minimum Gasteiger partial charge on any atom is -0.510 e. The van der Waals surface area contributed by atoms with E-state index in [-0.39, 0.29) is 35.3 Å². The maximum Gasteiger partial charge on any atom is 0.255 e. The lowest BCUT2D eigenvalue weighted by Crippen LogP contribution is -2.63. The van der Waals surface area contributed by atoms with Crippen molar-refractivity contribution in [3.63, 3.8) is 0 Å². The highest BCUT2D eigenvalue weighted by Crippen LogP contribution is 2.53. The number of allylic oxidation sites excluding steroid dienone is 1. The molecule has 0 spiro atoms. The lowest BCUT2D eigenvalue weighted by Gasteiger charge is -2.50. The Morgan fingerprint density at radius 2 is 1.83 bits per heavy atom. The average molecular weight is 566 g/mol. The van der Waals surface area contributed by atoms with Crippen LogP contribution in [0.1, 0.15) is 48.9 Å². The number of phenols is 1. The number of aliphatic hydroxyl groups is 3. The Hall–Kier alpha value is -3.93. The van der Waals surface area contributed by atoms with Crippen molar-refractivity contribution in [2.75, 3.05) is 14.1 Å². The number of nitrogens with two attached hydrogens (primary N) is 1. The fourth-order valence-corrected chi connectivity index (χ4v) is 6.45. The van der Waals surface area contributed by atoms with E-state index in [1.165, 1.54) is 11.0 Å². The van der Waals surface area contributed by atoms with Gasteiger partial charge in [0.15, 0.2) is 11.4 Å². The normalized spacial score (nSPS) is 26.3. The van der Waals surface area contributed by atoms with E-state index in [9.17, 15) is 34.8 Å². The van der Waals surface area contributed by atoms with E-state index in [4.69, 9.17) is 10.2 Å². The zero-order valence-corrected chi connectivity index (χ0v) is 23.6. The number of primary amides is 1. The summed E-state index contributed by atoms with van der Waals surface area (Å²) in [7, 11) is 3.18. The first-order valence-corrected chi connectivity index (χ1v) is 13.4. The molecule has 1 aromatic carbocycles. The highest BCUT2D eigenvalue weighted by Gasteiger charge is 2.63. The molecule has 218 valence electrons. The summed E-state index contributed by atoms with van der Waals surface area (Å²) in [6.07, 6.45) is 0.189. The Morgan fingerprint density at radius 3 is 2.44 bits per heavy atom. The number of ketones is 2. The number of hydrogen-bond donors (Lipinski definition) is 6. The molecule has 0 saturated carbocycles. The van der Waals surface area contributed by atoms with Crippen molar-refractivity contribution < 1.29 is 39.2 Å². The van der Waals surface area contributed by atoms with Crippen LogP contribution in [0.2, 0.25) is 0 Å². The molecule has 2 aromatic rings. The fraction of sp³-hybridized carbons (Fsp3) is 0.433. The molecule has 5 rings (SSSR count). The number of carbonyl (C=O) groups is 3. The van der Waals surface area contributed by atoms with Crippen molar-refractivity contribution in [1.82, 2.24) is 10.2 Å². The van der Waals surface area contributed by atoms with Crippen LogP contribution in [0, 0.1) is 11.8 Å². The summed E-state index contributed by atoms with van der Waals surface area (Å²) in [6.45, 7) is 6.59. The summed E-state index contributed by atoms with van der Waals surface area (Å²) < 4.78 is 6.09. The summed E-state index contributed by atoms with van der Waals surface area (Å²) in [4.78, 5) is 40.9. The molecule has 41 heavy (non-hydrogen) atoms. The molecule has 4 atom stereocenters. The van der Waals surface area contributed by atoms with Crippen molar-refractivity contribution >= 4 is 17.5 Å². The van der Waals surface area contributed by atoms with E-state index in [0.29, 0.717) is 29.2 Å². The Morgan fingerprint density at radius 1 is 1.15 bits per heavy atom. The number of nitrogens with zero attached hydrogens (tertiary/aromatic N) is 1. The summed E-state index contributed by atoms with van der Waals surface area (Å²) in [5.41, 5.74) is 2.58. The minimum atomic E-state index is -2.67. The van der Waals surface area contributed by atoms with E-state index in [1.54, 1.807) is 26.2 Å². The number of aromatic hydroxyl groups is 1. The summed E-state index contributed by atoms with van der Waals surface area (Å²) in [5, 5.41) is 48.2. The first-order valence-electron chi connectivity index (χ1n) is 13.4. The summed E-state index contributed by atoms with van der Waals surface area (Å²) in [5.74, 6) is -5.67. The summed E-state index contributed by atoms with van der Waals surface area (Å²) >= 11 is 0. The maximum absolute atomic E-state index is 13.9. The average Bonchev–Trinajstić information content (AvgIpc) is 3.33. The van der Waals surface area contributed by atoms with Gasteiger partial charge < -0.3 is 35.9 Å². The summed E-state index contributed by atoms with van der Waals surface area (Å²) in [6, 6.07) is 5.59. The fourth-order valence-electron chi connectivity index (χ4n) is 6.45. The lowest BCUT2D eigenvalue weighted by atomic mass is 9.58. The van der Waals surface area contributed by atoms with Gasteiger partial charge in [-0.1, -0.05) is 0 Å². The number of phenolic OH excluding ortho intramolecular Hbond substituents is 1. The molecule has 3 aliphatic carbocycles. The number of carbonyl (C=O) groups excluding carboxylic acids is 3. The van der Waals surface area contributed by atoms with Crippen LogP contribution in [-0.2, 0) is 22.6 Å². The predicted molar refractivity (Wildman–Crippen MR) is 148 cm³/mol. The third kappa shape index (κ3) is 4.35. The van der Waals surface area contributed by atoms with Gasteiger partial charge in [-0.3, -0.25) is 19.3 Å². The number of nitrogens with one attached hydrogen (secondary N) is 1. The van der Waals surface area contributed by atoms with Crippen LogP contribution in [0.4, 0.5) is 0 Å².